The molecule has 3 aliphatic rings. The van der Waals surface area contributed by atoms with E-state index in [2.05, 4.69) is 28.1 Å². The number of carbonyl (C=O) groups excluding carboxylic acids is 1. The number of benzene rings is 1. The lowest BCUT2D eigenvalue weighted by molar-refractivity contribution is 0.188. The molecule has 1 fully saturated rings. The number of carbonyl (C=O) groups is 1. The van der Waals surface area contributed by atoms with Gasteiger partial charge in [0.25, 0.3) is 0 Å². The molecule has 4 atom stereocenters. The number of piperidine rings is 1. The summed E-state index contributed by atoms with van der Waals surface area (Å²) in [4.78, 5) is 14.3. The van der Waals surface area contributed by atoms with E-state index in [0.29, 0.717) is 17.9 Å². The Kier molecular flexibility index (Phi) is 4.80. The molecular formula is C20H30N4O2. The van der Waals surface area contributed by atoms with Crippen molar-refractivity contribution in [2.45, 2.75) is 57.2 Å². The molecule has 2 heterocycles. The van der Waals surface area contributed by atoms with Crippen LogP contribution in [-0.4, -0.2) is 54.3 Å². The zero-order valence-corrected chi connectivity index (χ0v) is 15.7. The van der Waals surface area contributed by atoms with Gasteiger partial charge in [0.05, 0.1) is 6.61 Å². The third kappa shape index (κ3) is 2.85. The smallest absolute Gasteiger partial charge is 0.317 e. The summed E-state index contributed by atoms with van der Waals surface area (Å²) in [5.74, 6) is 0.876. The Labute approximate surface area is 155 Å². The molecule has 0 aromatic heterocycles. The van der Waals surface area contributed by atoms with Crippen LogP contribution >= 0.6 is 0 Å². The topological polar surface area (TPSA) is 76.6 Å². The number of nitrogens with one attached hydrogen (secondary N) is 3. The lowest BCUT2D eigenvalue weighted by Gasteiger charge is -2.44. The maximum Gasteiger partial charge on any atom is 0.317 e. The SMILES string of the molecule is CCN(CC)C(=O)N[C@@H]1CN[C@@H]2CC3CNc4ccc(CO)c(c43)C2C1. The van der Waals surface area contributed by atoms with E-state index < -0.39 is 0 Å². The van der Waals surface area contributed by atoms with Gasteiger partial charge < -0.3 is 26.0 Å². The molecule has 1 aromatic carbocycles. The second-order valence-corrected chi connectivity index (χ2v) is 7.75. The number of urea groups is 1. The molecule has 4 rings (SSSR count). The number of nitrogens with zero attached hydrogens (tertiary/aromatic N) is 1. The molecule has 1 aromatic rings. The quantitative estimate of drug-likeness (QED) is 0.664. The number of aliphatic hydroxyl groups is 1. The Morgan fingerprint density at radius 1 is 1.23 bits per heavy atom. The Balaban J connectivity index is 1.58. The van der Waals surface area contributed by atoms with Crippen LogP contribution in [0.1, 0.15) is 55.2 Å². The number of fused-ring (bicyclic) bond motifs is 2. The highest BCUT2D eigenvalue weighted by Crippen LogP contribution is 2.49. The molecule has 2 amide bonds. The van der Waals surface area contributed by atoms with Crippen LogP contribution < -0.4 is 16.0 Å². The third-order valence-corrected chi connectivity index (χ3v) is 6.43. The van der Waals surface area contributed by atoms with Gasteiger partial charge in [0.1, 0.15) is 0 Å². The van der Waals surface area contributed by atoms with Gasteiger partial charge >= 0.3 is 6.03 Å². The van der Waals surface area contributed by atoms with Crippen molar-refractivity contribution in [2.24, 2.45) is 0 Å². The fourth-order valence-corrected chi connectivity index (χ4v) is 5.14. The van der Waals surface area contributed by atoms with Crippen LogP contribution in [-0.2, 0) is 6.61 Å². The van der Waals surface area contributed by atoms with E-state index in [1.165, 1.54) is 16.8 Å². The van der Waals surface area contributed by atoms with Crippen molar-refractivity contribution in [1.29, 1.82) is 0 Å². The summed E-state index contributed by atoms with van der Waals surface area (Å²) >= 11 is 0. The normalized spacial score (nSPS) is 28.7. The van der Waals surface area contributed by atoms with Gasteiger partial charge in [-0.05, 0) is 49.4 Å². The molecule has 1 saturated heterocycles. The summed E-state index contributed by atoms with van der Waals surface area (Å²) in [6, 6.07) is 4.74. The molecule has 26 heavy (non-hydrogen) atoms. The van der Waals surface area contributed by atoms with Gasteiger partial charge in [-0.1, -0.05) is 6.07 Å². The van der Waals surface area contributed by atoms with Crippen LogP contribution in [0.25, 0.3) is 0 Å². The maximum absolute atomic E-state index is 12.5. The van der Waals surface area contributed by atoms with Crippen LogP contribution in [0.4, 0.5) is 10.5 Å². The minimum Gasteiger partial charge on any atom is -0.392 e. The second-order valence-electron chi connectivity index (χ2n) is 7.75. The summed E-state index contributed by atoms with van der Waals surface area (Å²) in [7, 11) is 0. The van der Waals surface area contributed by atoms with Gasteiger partial charge in [-0.3, -0.25) is 0 Å². The molecule has 0 radical (unpaired) electrons. The highest BCUT2D eigenvalue weighted by Gasteiger charge is 2.43. The van der Waals surface area contributed by atoms with Crippen LogP contribution in [0.3, 0.4) is 0 Å². The monoisotopic (exact) mass is 358 g/mol. The largest absolute Gasteiger partial charge is 0.392 e. The first kappa shape index (κ1) is 17.6. The van der Waals surface area contributed by atoms with Gasteiger partial charge in [0.15, 0.2) is 0 Å². The summed E-state index contributed by atoms with van der Waals surface area (Å²) in [5, 5.41) is 20.3. The highest BCUT2D eigenvalue weighted by molar-refractivity contribution is 5.74. The zero-order chi connectivity index (χ0) is 18.3. The summed E-state index contributed by atoms with van der Waals surface area (Å²) in [6.07, 6.45) is 2.06. The van der Waals surface area contributed by atoms with E-state index in [1.54, 1.807) is 0 Å². The first-order chi connectivity index (χ1) is 12.7. The van der Waals surface area contributed by atoms with Crippen LogP contribution in [0.15, 0.2) is 12.1 Å². The maximum atomic E-state index is 12.5. The predicted octanol–water partition coefficient (Wildman–Crippen LogP) is 1.96. The van der Waals surface area contributed by atoms with Gasteiger partial charge in [-0.15, -0.1) is 0 Å². The lowest BCUT2D eigenvalue weighted by atomic mass is 9.69. The summed E-state index contributed by atoms with van der Waals surface area (Å²) < 4.78 is 0. The van der Waals surface area contributed by atoms with E-state index in [4.69, 9.17) is 0 Å². The van der Waals surface area contributed by atoms with Gasteiger partial charge in [-0.25, -0.2) is 4.79 Å². The molecule has 0 bridgehead atoms. The summed E-state index contributed by atoms with van der Waals surface area (Å²) in [5.41, 5.74) is 5.01. The molecule has 2 aliphatic heterocycles. The number of hydrogen-bond acceptors (Lipinski definition) is 4. The highest BCUT2D eigenvalue weighted by atomic mass is 16.3. The van der Waals surface area contributed by atoms with E-state index in [9.17, 15) is 9.90 Å². The average Bonchev–Trinajstić information content (AvgIpc) is 3.07. The van der Waals surface area contributed by atoms with Gasteiger partial charge in [0.2, 0.25) is 0 Å². The molecule has 4 N–H and O–H groups in total. The molecule has 6 heteroatoms. The van der Waals surface area contributed by atoms with Crippen LogP contribution in [0.2, 0.25) is 0 Å². The Hall–Kier alpha value is -1.79. The van der Waals surface area contributed by atoms with Crippen LogP contribution in [0.5, 0.6) is 0 Å². The Morgan fingerprint density at radius 2 is 2.04 bits per heavy atom. The van der Waals surface area contributed by atoms with Crippen molar-refractivity contribution in [2.75, 3.05) is 31.5 Å². The Bertz CT molecular complexity index is 689. The Morgan fingerprint density at radius 3 is 2.77 bits per heavy atom. The van der Waals surface area contributed by atoms with Gasteiger partial charge in [-0.2, -0.15) is 0 Å². The van der Waals surface area contributed by atoms with Crippen molar-refractivity contribution < 1.29 is 9.90 Å². The van der Waals surface area contributed by atoms with Crippen molar-refractivity contribution in [3.63, 3.8) is 0 Å². The molecule has 142 valence electrons. The number of hydrogen-bond donors (Lipinski definition) is 4. The fourth-order valence-electron chi connectivity index (χ4n) is 5.14. The minimum atomic E-state index is 0.0243. The first-order valence-corrected chi connectivity index (χ1v) is 9.95. The van der Waals surface area contributed by atoms with E-state index in [0.717, 1.165) is 44.6 Å². The number of anilines is 1. The van der Waals surface area contributed by atoms with Gasteiger partial charge in [0, 0.05) is 55.8 Å². The van der Waals surface area contributed by atoms with Crippen molar-refractivity contribution >= 4 is 11.7 Å². The number of amides is 2. The lowest BCUT2D eigenvalue weighted by Crippen LogP contribution is -2.56. The summed E-state index contributed by atoms with van der Waals surface area (Å²) in [6.45, 7) is 7.35. The second kappa shape index (κ2) is 7.08. The van der Waals surface area contributed by atoms with E-state index in [-0.39, 0.29) is 18.7 Å². The molecular weight excluding hydrogens is 328 g/mol. The van der Waals surface area contributed by atoms with E-state index >= 15 is 0 Å². The molecule has 2 unspecified atom stereocenters. The van der Waals surface area contributed by atoms with Crippen molar-refractivity contribution in [1.82, 2.24) is 15.5 Å². The predicted molar refractivity (Wildman–Crippen MR) is 103 cm³/mol. The molecule has 0 spiro atoms. The zero-order valence-electron chi connectivity index (χ0n) is 15.7. The average molecular weight is 358 g/mol. The van der Waals surface area contributed by atoms with E-state index in [1.807, 2.05) is 18.7 Å². The van der Waals surface area contributed by atoms with Crippen LogP contribution in [0, 0.1) is 0 Å². The molecule has 6 nitrogen and oxygen atoms in total. The third-order valence-electron chi connectivity index (χ3n) is 6.43. The van der Waals surface area contributed by atoms with Crippen molar-refractivity contribution in [3.8, 4) is 0 Å². The minimum absolute atomic E-state index is 0.0243. The standard InChI is InChI=1S/C20H30N4O2/c1-3-24(4-2)20(26)23-14-8-15-17(22-10-14)7-13-9-21-16-6-5-12(11-25)18(15)19(13)16/h5-6,13-15,17,21-22,25H,3-4,7-11H2,1-2H3,(H,23,26)/t13?,14-,15?,17+/m0/s1. The fraction of sp³-hybridized carbons (Fsp3) is 0.650. The van der Waals surface area contributed by atoms with Crippen molar-refractivity contribution in [3.05, 3.63) is 28.8 Å². The molecule has 0 saturated carbocycles. The molecule has 1 aliphatic carbocycles. The number of rotatable bonds is 4. The first-order valence-electron chi connectivity index (χ1n) is 9.95. The number of aliphatic hydroxyl groups excluding tert-OH is 1.